The highest BCUT2D eigenvalue weighted by Gasteiger charge is 2.17. The van der Waals surface area contributed by atoms with Crippen molar-refractivity contribution in [3.8, 4) is 0 Å². The standard InChI is InChI=1S/C12H27NO2/c1-9(2)12(10(3)4)7-13-6-11(14)8-15-5/h9-14H,6-8H2,1-5H3. The van der Waals surface area contributed by atoms with Crippen LogP contribution in [0.5, 0.6) is 0 Å². The zero-order valence-electron chi connectivity index (χ0n) is 10.8. The predicted molar refractivity (Wildman–Crippen MR) is 63.9 cm³/mol. The molecule has 0 aliphatic heterocycles. The lowest BCUT2D eigenvalue weighted by molar-refractivity contribution is 0.0630. The summed E-state index contributed by atoms with van der Waals surface area (Å²) in [5.41, 5.74) is 0. The Hall–Kier alpha value is -0.120. The number of nitrogens with one attached hydrogen (secondary N) is 1. The van der Waals surface area contributed by atoms with E-state index in [-0.39, 0.29) is 0 Å². The van der Waals surface area contributed by atoms with Crippen LogP contribution in [-0.2, 0) is 4.74 Å². The van der Waals surface area contributed by atoms with E-state index >= 15 is 0 Å². The van der Waals surface area contributed by atoms with Crippen molar-refractivity contribution < 1.29 is 9.84 Å². The van der Waals surface area contributed by atoms with E-state index in [1.807, 2.05) is 0 Å². The molecule has 0 heterocycles. The molecular formula is C12H27NO2. The van der Waals surface area contributed by atoms with E-state index in [0.29, 0.717) is 30.9 Å². The molecule has 15 heavy (non-hydrogen) atoms. The van der Waals surface area contributed by atoms with Gasteiger partial charge in [0.25, 0.3) is 0 Å². The van der Waals surface area contributed by atoms with Gasteiger partial charge < -0.3 is 15.2 Å². The molecule has 0 aromatic carbocycles. The van der Waals surface area contributed by atoms with Crippen molar-refractivity contribution in [1.29, 1.82) is 0 Å². The molecule has 0 aliphatic rings. The van der Waals surface area contributed by atoms with Crippen molar-refractivity contribution in [2.24, 2.45) is 17.8 Å². The van der Waals surface area contributed by atoms with Crippen LogP contribution in [-0.4, -0.2) is 38.0 Å². The molecule has 0 bridgehead atoms. The van der Waals surface area contributed by atoms with Gasteiger partial charge in [0.2, 0.25) is 0 Å². The van der Waals surface area contributed by atoms with E-state index in [1.54, 1.807) is 7.11 Å². The fourth-order valence-electron chi connectivity index (χ4n) is 1.91. The van der Waals surface area contributed by atoms with Crippen LogP contribution in [0.2, 0.25) is 0 Å². The first-order valence-electron chi connectivity index (χ1n) is 5.86. The second-order valence-corrected chi connectivity index (χ2v) is 4.92. The highest BCUT2D eigenvalue weighted by molar-refractivity contribution is 4.70. The molecule has 0 rings (SSSR count). The van der Waals surface area contributed by atoms with E-state index in [0.717, 1.165) is 6.54 Å². The maximum atomic E-state index is 9.45. The number of methoxy groups -OCH3 is 1. The van der Waals surface area contributed by atoms with Gasteiger partial charge in [0.05, 0.1) is 12.7 Å². The smallest absolute Gasteiger partial charge is 0.0897 e. The zero-order valence-corrected chi connectivity index (χ0v) is 10.8. The van der Waals surface area contributed by atoms with Crippen molar-refractivity contribution in [3.05, 3.63) is 0 Å². The first-order valence-corrected chi connectivity index (χ1v) is 5.86. The highest BCUT2D eigenvalue weighted by Crippen LogP contribution is 2.19. The number of aliphatic hydroxyl groups excluding tert-OH is 1. The molecule has 0 saturated carbocycles. The summed E-state index contributed by atoms with van der Waals surface area (Å²) >= 11 is 0. The van der Waals surface area contributed by atoms with Crippen LogP contribution in [0.15, 0.2) is 0 Å². The maximum Gasteiger partial charge on any atom is 0.0897 e. The second-order valence-electron chi connectivity index (χ2n) is 4.92. The van der Waals surface area contributed by atoms with Crippen molar-refractivity contribution >= 4 is 0 Å². The molecule has 3 heteroatoms. The SMILES string of the molecule is COCC(O)CNCC(C(C)C)C(C)C. The van der Waals surface area contributed by atoms with E-state index < -0.39 is 6.10 Å². The summed E-state index contributed by atoms with van der Waals surface area (Å²) in [6, 6.07) is 0. The zero-order chi connectivity index (χ0) is 11.8. The lowest BCUT2D eigenvalue weighted by Gasteiger charge is -2.25. The molecule has 0 saturated heterocycles. The van der Waals surface area contributed by atoms with E-state index in [2.05, 4.69) is 33.0 Å². The lowest BCUT2D eigenvalue weighted by atomic mass is 9.85. The molecule has 0 aliphatic carbocycles. The largest absolute Gasteiger partial charge is 0.389 e. The summed E-state index contributed by atoms with van der Waals surface area (Å²) < 4.78 is 4.87. The molecule has 1 unspecified atom stereocenters. The Bertz CT molecular complexity index is 141. The van der Waals surface area contributed by atoms with Gasteiger partial charge in [-0.05, 0) is 24.3 Å². The Morgan fingerprint density at radius 3 is 2.00 bits per heavy atom. The molecule has 0 aromatic rings. The monoisotopic (exact) mass is 217 g/mol. The Balaban J connectivity index is 3.71. The Morgan fingerprint density at radius 2 is 1.60 bits per heavy atom. The van der Waals surface area contributed by atoms with Crippen LogP contribution in [0.4, 0.5) is 0 Å². The number of hydrogen-bond donors (Lipinski definition) is 2. The van der Waals surface area contributed by atoms with Gasteiger partial charge in [-0.2, -0.15) is 0 Å². The van der Waals surface area contributed by atoms with Crippen LogP contribution >= 0.6 is 0 Å². The third-order valence-electron chi connectivity index (χ3n) is 2.83. The summed E-state index contributed by atoms with van der Waals surface area (Å²) in [4.78, 5) is 0. The Morgan fingerprint density at radius 1 is 1.07 bits per heavy atom. The minimum atomic E-state index is -0.394. The summed E-state index contributed by atoms with van der Waals surface area (Å²) in [7, 11) is 1.61. The molecular weight excluding hydrogens is 190 g/mol. The first kappa shape index (κ1) is 14.9. The number of ether oxygens (including phenoxy) is 1. The van der Waals surface area contributed by atoms with Crippen LogP contribution < -0.4 is 5.32 Å². The van der Waals surface area contributed by atoms with E-state index in [4.69, 9.17) is 4.74 Å². The third-order valence-corrected chi connectivity index (χ3v) is 2.83. The lowest BCUT2D eigenvalue weighted by Crippen LogP contribution is -2.36. The van der Waals surface area contributed by atoms with Crippen LogP contribution in [0, 0.1) is 17.8 Å². The molecule has 0 aromatic heterocycles. The van der Waals surface area contributed by atoms with Crippen molar-refractivity contribution in [3.63, 3.8) is 0 Å². The fourth-order valence-corrected chi connectivity index (χ4v) is 1.91. The third kappa shape index (κ3) is 6.88. The molecule has 0 fully saturated rings. The molecule has 2 N–H and O–H groups in total. The predicted octanol–water partition coefficient (Wildman–Crippen LogP) is 1.51. The van der Waals surface area contributed by atoms with Gasteiger partial charge in [-0.25, -0.2) is 0 Å². The van der Waals surface area contributed by atoms with Crippen LogP contribution in [0.1, 0.15) is 27.7 Å². The molecule has 0 radical (unpaired) electrons. The summed E-state index contributed by atoms with van der Waals surface area (Å²) in [5.74, 6) is 2.02. The molecule has 3 nitrogen and oxygen atoms in total. The fraction of sp³-hybridized carbons (Fsp3) is 1.00. The molecule has 92 valence electrons. The quantitative estimate of drug-likeness (QED) is 0.647. The van der Waals surface area contributed by atoms with Gasteiger partial charge in [0.15, 0.2) is 0 Å². The van der Waals surface area contributed by atoms with Crippen LogP contribution in [0.25, 0.3) is 0 Å². The number of aliphatic hydroxyl groups is 1. The van der Waals surface area contributed by atoms with Gasteiger partial charge in [0, 0.05) is 13.7 Å². The van der Waals surface area contributed by atoms with Gasteiger partial charge in [-0.3, -0.25) is 0 Å². The minimum Gasteiger partial charge on any atom is -0.389 e. The second kappa shape index (κ2) is 8.08. The maximum absolute atomic E-state index is 9.45. The average Bonchev–Trinajstić information content (AvgIpc) is 2.11. The first-order chi connectivity index (χ1) is 6.99. The summed E-state index contributed by atoms with van der Waals surface area (Å²) in [6.45, 7) is 11.0. The molecule has 0 amide bonds. The van der Waals surface area contributed by atoms with Crippen molar-refractivity contribution in [2.75, 3.05) is 26.8 Å². The topological polar surface area (TPSA) is 41.5 Å². The number of hydrogen-bond acceptors (Lipinski definition) is 3. The summed E-state index contributed by atoms with van der Waals surface area (Å²) in [5, 5.41) is 12.8. The van der Waals surface area contributed by atoms with Crippen LogP contribution in [0.3, 0.4) is 0 Å². The summed E-state index contributed by atoms with van der Waals surface area (Å²) in [6.07, 6.45) is -0.394. The van der Waals surface area contributed by atoms with Crippen molar-refractivity contribution in [2.45, 2.75) is 33.8 Å². The molecule has 1 atom stereocenters. The van der Waals surface area contributed by atoms with E-state index in [9.17, 15) is 5.11 Å². The molecule has 0 spiro atoms. The van der Waals surface area contributed by atoms with E-state index in [1.165, 1.54) is 0 Å². The van der Waals surface area contributed by atoms with Gasteiger partial charge in [-0.1, -0.05) is 27.7 Å². The minimum absolute atomic E-state index is 0.394. The van der Waals surface area contributed by atoms with Crippen molar-refractivity contribution in [1.82, 2.24) is 5.32 Å². The Labute approximate surface area is 94.2 Å². The number of rotatable bonds is 8. The van der Waals surface area contributed by atoms with Gasteiger partial charge >= 0.3 is 0 Å². The van der Waals surface area contributed by atoms with Gasteiger partial charge in [-0.15, -0.1) is 0 Å². The Kier molecular flexibility index (Phi) is 8.02. The van der Waals surface area contributed by atoms with Gasteiger partial charge in [0.1, 0.15) is 0 Å². The normalized spacial score (nSPS) is 14.2. The average molecular weight is 217 g/mol. The highest BCUT2D eigenvalue weighted by atomic mass is 16.5.